The average molecular weight is 390 g/mol. The molecule has 2 amide bonds. The van der Waals surface area contributed by atoms with Gasteiger partial charge in [-0.3, -0.25) is 9.59 Å². The van der Waals surface area contributed by atoms with Crippen LogP contribution < -0.4 is 11.1 Å². The Balaban J connectivity index is 0.00000576. The number of amides is 2. The minimum atomic E-state index is -0.193. The monoisotopic (exact) mass is 389 g/mol. The highest BCUT2D eigenvalue weighted by Crippen LogP contribution is 2.24. The summed E-state index contributed by atoms with van der Waals surface area (Å²) in [7, 11) is 1.72. The number of carbonyl (C=O) groups is 2. The molecule has 1 aromatic rings. The Morgan fingerprint density at radius 2 is 1.92 bits per heavy atom. The number of nitrogens with two attached hydrogens (primary N) is 1. The molecule has 0 saturated heterocycles. The maximum absolute atomic E-state index is 12.7. The quantitative estimate of drug-likeness (QED) is 0.744. The van der Waals surface area contributed by atoms with Crippen LogP contribution in [0.15, 0.2) is 18.2 Å². The third-order valence-corrected chi connectivity index (χ3v) is 3.97. The van der Waals surface area contributed by atoms with Crippen molar-refractivity contribution < 1.29 is 9.59 Å². The van der Waals surface area contributed by atoms with Crippen LogP contribution in [0.1, 0.15) is 44.5 Å². The van der Waals surface area contributed by atoms with Crippen molar-refractivity contribution in [1.29, 1.82) is 0 Å². The van der Waals surface area contributed by atoms with Gasteiger partial charge in [0.15, 0.2) is 0 Å². The molecule has 142 valence electrons. The summed E-state index contributed by atoms with van der Waals surface area (Å²) in [6.07, 6.45) is 0.427. The summed E-state index contributed by atoms with van der Waals surface area (Å²) in [5.74, 6) is -0.00662. The van der Waals surface area contributed by atoms with E-state index in [0.29, 0.717) is 35.8 Å². The molecule has 0 aromatic heterocycles. The lowest BCUT2D eigenvalue weighted by atomic mass is 9.93. The van der Waals surface area contributed by atoms with Crippen molar-refractivity contribution in [1.82, 2.24) is 4.90 Å². The molecule has 7 heteroatoms. The molecule has 0 aliphatic carbocycles. The highest BCUT2D eigenvalue weighted by Gasteiger charge is 2.23. The van der Waals surface area contributed by atoms with Crippen molar-refractivity contribution >= 4 is 41.5 Å². The number of hydrogen-bond donors (Lipinski definition) is 2. The number of rotatable bonds is 7. The molecule has 25 heavy (non-hydrogen) atoms. The van der Waals surface area contributed by atoms with Gasteiger partial charge in [0.25, 0.3) is 5.91 Å². The van der Waals surface area contributed by atoms with E-state index in [2.05, 4.69) is 5.32 Å². The fourth-order valence-corrected chi connectivity index (χ4v) is 2.53. The van der Waals surface area contributed by atoms with Crippen LogP contribution in [0.3, 0.4) is 0 Å². The fourth-order valence-electron chi connectivity index (χ4n) is 2.33. The van der Waals surface area contributed by atoms with Crippen LogP contribution in [0.4, 0.5) is 5.69 Å². The van der Waals surface area contributed by atoms with Crippen LogP contribution in [0, 0.1) is 11.3 Å². The second-order valence-electron chi connectivity index (χ2n) is 7.37. The van der Waals surface area contributed by atoms with Crippen LogP contribution in [-0.2, 0) is 4.79 Å². The lowest BCUT2D eigenvalue weighted by Gasteiger charge is -2.29. The number of nitrogens with one attached hydrogen (secondary N) is 1. The first-order valence-corrected chi connectivity index (χ1v) is 8.48. The maximum Gasteiger partial charge on any atom is 0.255 e. The summed E-state index contributed by atoms with van der Waals surface area (Å²) in [6.45, 7) is 8.95. The van der Waals surface area contributed by atoms with E-state index in [9.17, 15) is 9.59 Å². The van der Waals surface area contributed by atoms with Gasteiger partial charge in [0, 0.05) is 25.7 Å². The predicted octanol–water partition coefficient (Wildman–Crippen LogP) is 3.80. The zero-order valence-corrected chi connectivity index (χ0v) is 17.1. The summed E-state index contributed by atoms with van der Waals surface area (Å²) in [5, 5.41) is 3.17. The Hall–Kier alpha value is -1.30. The molecule has 3 N–H and O–H groups in total. The minimum absolute atomic E-state index is 0. The Kier molecular flexibility index (Phi) is 9.48. The number of benzene rings is 1. The molecule has 0 radical (unpaired) electrons. The van der Waals surface area contributed by atoms with Crippen molar-refractivity contribution in [2.45, 2.75) is 34.1 Å². The molecule has 1 rings (SSSR count). The number of anilines is 1. The molecule has 0 bridgehead atoms. The normalized spacial score (nSPS) is 11.0. The lowest BCUT2D eigenvalue weighted by Crippen LogP contribution is -2.39. The Morgan fingerprint density at radius 3 is 2.44 bits per heavy atom. The Labute approximate surface area is 161 Å². The van der Waals surface area contributed by atoms with Gasteiger partial charge in [0.2, 0.25) is 5.91 Å². The van der Waals surface area contributed by atoms with Gasteiger partial charge in [-0.1, -0.05) is 39.3 Å². The molecule has 0 aliphatic rings. The zero-order valence-electron chi connectivity index (χ0n) is 15.6. The molecule has 0 aliphatic heterocycles. The van der Waals surface area contributed by atoms with Crippen LogP contribution in [0.2, 0.25) is 5.02 Å². The molecule has 0 atom stereocenters. The van der Waals surface area contributed by atoms with Gasteiger partial charge in [0.05, 0.1) is 10.6 Å². The molecule has 5 nitrogen and oxygen atoms in total. The van der Waals surface area contributed by atoms with Crippen LogP contribution >= 0.6 is 24.0 Å². The van der Waals surface area contributed by atoms with Crippen molar-refractivity contribution in [2.24, 2.45) is 17.1 Å². The second kappa shape index (κ2) is 10.00. The molecular formula is C18H29Cl2N3O2. The van der Waals surface area contributed by atoms with E-state index in [1.54, 1.807) is 30.1 Å². The van der Waals surface area contributed by atoms with E-state index < -0.39 is 0 Å². The predicted molar refractivity (Wildman–Crippen MR) is 107 cm³/mol. The average Bonchev–Trinajstić information content (AvgIpc) is 2.47. The third-order valence-electron chi connectivity index (χ3n) is 3.64. The third kappa shape index (κ3) is 7.63. The van der Waals surface area contributed by atoms with Gasteiger partial charge in [-0.05, 0) is 36.1 Å². The molecule has 1 aromatic carbocycles. The van der Waals surface area contributed by atoms with E-state index in [1.165, 1.54) is 0 Å². The number of nitrogens with zero attached hydrogens (tertiary/aromatic N) is 1. The molecule has 0 fully saturated rings. The SMILES string of the molecule is CC(C)CC(=O)Nc1ccc(Cl)c(C(=O)N(C)CC(C)(C)CN)c1.Cl. The first-order chi connectivity index (χ1) is 11.1. The van der Waals surface area contributed by atoms with Gasteiger partial charge < -0.3 is 16.0 Å². The summed E-state index contributed by atoms with van der Waals surface area (Å²) >= 11 is 6.18. The van der Waals surface area contributed by atoms with Gasteiger partial charge in [-0.2, -0.15) is 0 Å². The summed E-state index contributed by atoms with van der Waals surface area (Å²) in [6, 6.07) is 4.94. The lowest BCUT2D eigenvalue weighted by molar-refractivity contribution is -0.116. The van der Waals surface area contributed by atoms with E-state index in [-0.39, 0.29) is 35.6 Å². The number of halogens is 2. The highest BCUT2D eigenvalue weighted by atomic mass is 35.5. The van der Waals surface area contributed by atoms with Crippen molar-refractivity contribution in [3.63, 3.8) is 0 Å². The van der Waals surface area contributed by atoms with E-state index in [4.69, 9.17) is 17.3 Å². The second-order valence-corrected chi connectivity index (χ2v) is 7.78. The maximum atomic E-state index is 12.7. The number of hydrogen-bond acceptors (Lipinski definition) is 3. The fraction of sp³-hybridized carbons (Fsp3) is 0.556. The van der Waals surface area contributed by atoms with Crippen molar-refractivity contribution in [3.05, 3.63) is 28.8 Å². The first kappa shape index (κ1) is 23.7. The van der Waals surface area contributed by atoms with E-state index in [0.717, 1.165) is 0 Å². The van der Waals surface area contributed by atoms with Crippen LogP contribution in [0.5, 0.6) is 0 Å². The van der Waals surface area contributed by atoms with Gasteiger partial charge >= 0.3 is 0 Å². The Morgan fingerprint density at radius 1 is 1.32 bits per heavy atom. The van der Waals surface area contributed by atoms with Gasteiger partial charge in [-0.25, -0.2) is 0 Å². The van der Waals surface area contributed by atoms with E-state index >= 15 is 0 Å². The first-order valence-electron chi connectivity index (χ1n) is 8.10. The molecule has 0 saturated carbocycles. The standard InChI is InChI=1S/C18H28ClN3O2.ClH/c1-12(2)8-16(23)21-13-6-7-15(19)14(9-13)17(24)22(5)11-18(3,4)10-20;/h6-7,9,12H,8,10-11,20H2,1-5H3,(H,21,23);1H. The van der Waals surface area contributed by atoms with E-state index in [1.807, 2.05) is 27.7 Å². The van der Waals surface area contributed by atoms with Crippen LogP contribution in [-0.4, -0.2) is 36.9 Å². The minimum Gasteiger partial charge on any atom is -0.341 e. The molecule has 0 unspecified atom stereocenters. The van der Waals surface area contributed by atoms with Gasteiger partial charge in [0.1, 0.15) is 0 Å². The summed E-state index contributed by atoms with van der Waals surface area (Å²) in [4.78, 5) is 26.2. The molecule has 0 spiro atoms. The largest absolute Gasteiger partial charge is 0.341 e. The molecular weight excluding hydrogens is 361 g/mol. The van der Waals surface area contributed by atoms with Gasteiger partial charge in [-0.15, -0.1) is 12.4 Å². The topological polar surface area (TPSA) is 75.4 Å². The zero-order chi connectivity index (χ0) is 18.5. The van der Waals surface area contributed by atoms with Crippen LogP contribution in [0.25, 0.3) is 0 Å². The summed E-state index contributed by atoms with van der Waals surface area (Å²) < 4.78 is 0. The number of carbonyl (C=O) groups excluding carboxylic acids is 2. The highest BCUT2D eigenvalue weighted by molar-refractivity contribution is 6.34. The molecule has 0 heterocycles. The smallest absolute Gasteiger partial charge is 0.255 e. The van der Waals surface area contributed by atoms with Crippen molar-refractivity contribution in [3.8, 4) is 0 Å². The Bertz CT molecular complexity index is 604. The van der Waals surface area contributed by atoms with Crippen molar-refractivity contribution in [2.75, 3.05) is 25.5 Å². The summed E-state index contributed by atoms with van der Waals surface area (Å²) in [5.41, 5.74) is 6.49.